The van der Waals surface area contributed by atoms with Crippen LogP contribution in [0.1, 0.15) is 15.4 Å². The second-order valence-electron chi connectivity index (χ2n) is 3.03. The molecule has 0 spiro atoms. The van der Waals surface area contributed by atoms with Crippen LogP contribution in [0.4, 0.5) is 5.69 Å². The van der Waals surface area contributed by atoms with Crippen LogP contribution in [0.25, 0.3) is 0 Å². The Balaban J connectivity index is 2.12. The van der Waals surface area contributed by atoms with Crippen molar-refractivity contribution in [1.82, 2.24) is 9.97 Å². The molecule has 2 N–H and O–H groups in total. The van der Waals surface area contributed by atoms with Crippen LogP contribution in [0, 0.1) is 0 Å². The summed E-state index contributed by atoms with van der Waals surface area (Å²) in [5.41, 5.74) is 2.29. The number of hydrogen-bond acceptors (Lipinski definition) is 5. The predicted octanol–water partition coefficient (Wildman–Crippen LogP) is 1.85. The molecular weight excluding hydrogens is 226 g/mol. The van der Waals surface area contributed by atoms with Gasteiger partial charge in [-0.2, -0.15) is 0 Å². The lowest BCUT2D eigenvalue weighted by molar-refractivity contribution is 0.0691. The number of nitrogens with zero attached hydrogens (tertiary/aromatic N) is 2. The van der Waals surface area contributed by atoms with Crippen LogP contribution in [-0.2, 0) is 6.54 Å². The van der Waals surface area contributed by atoms with E-state index in [1.165, 1.54) is 17.5 Å². The van der Waals surface area contributed by atoms with Crippen LogP contribution in [0.15, 0.2) is 30.0 Å². The monoisotopic (exact) mass is 235 g/mol. The number of rotatable bonds is 4. The number of carbonyl (C=O) groups is 1. The van der Waals surface area contributed by atoms with Gasteiger partial charge in [-0.3, -0.25) is 4.98 Å². The Morgan fingerprint density at radius 2 is 2.44 bits per heavy atom. The van der Waals surface area contributed by atoms with Gasteiger partial charge in [-0.15, -0.1) is 11.3 Å². The van der Waals surface area contributed by atoms with E-state index in [2.05, 4.69) is 15.3 Å². The van der Waals surface area contributed by atoms with E-state index in [9.17, 15) is 4.79 Å². The normalized spacial score (nSPS) is 10.0. The molecule has 0 saturated carbocycles. The highest BCUT2D eigenvalue weighted by atomic mass is 32.1. The number of thiazole rings is 1. The molecule has 0 aliphatic heterocycles. The molecule has 2 aromatic heterocycles. The highest BCUT2D eigenvalue weighted by Gasteiger charge is 2.10. The minimum Gasteiger partial charge on any atom is -0.476 e. The summed E-state index contributed by atoms with van der Waals surface area (Å²) in [5, 5.41) is 11.9. The fourth-order valence-electron chi connectivity index (χ4n) is 1.23. The van der Waals surface area contributed by atoms with Crippen molar-refractivity contribution in [1.29, 1.82) is 0 Å². The number of aromatic carboxylic acids is 1. The first kappa shape index (κ1) is 10.6. The van der Waals surface area contributed by atoms with E-state index in [-0.39, 0.29) is 5.69 Å². The second kappa shape index (κ2) is 4.71. The van der Waals surface area contributed by atoms with Crippen molar-refractivity contribution < 1.29 is 9.90 Å². The maximum atomic E-state index is 10.9. The van der Waals surface area contributed by atoms with Crippen molar-refractivity contribution in [3.05, 3.63) is 40.6 Å². The molecule has 0 fully saturated rings. The molecule has 5 nitrogen and oxygen atoms in total. The van der Waals surface area contributed by atoms with Gasteiger partial charge in [-0.1, -0.05) is 0 Å². The highest BCUT2D eigenvalue weighted by molar-refractivity contribution is 7.09. The Hall–Kier alpha value is -1.95. The number of hydrogen-bond donors (Lipinski definition) is 2. The van der Waals surface area contributed by atoms with Crippen molar-refractivity contribution in [2.75, 3.05) is 5.32 Å². The van der Waals surface area contributed by atoms with Gasteiger partial charge in [-0.05, 0) is 12.1 Å². The first-order valence-electron chi connectivity index (χ1n) is 4.57. The molecule has 2 heterocycles. The van der Waals surface area contributed by atoms with Gasteiger partial charge in [0.05, 0.1) is 17.7 Å². The first-order valence-corrected chi connectivity index (χ1v) is 5.45. The van der Waals surface area contributed by atoms with Gasteiger partial charge in [0.25, 0.3) is 0 Å². The molecule has 0 radical (unpaired) electrons. The Morgan fingerprint density at radius 3 is 3.12 bits per heavy atom. The molecule has 2 rings (SSSR count). The summed E-state index contributed by atoms with van der Waals surface area (Å²) in [6, 6.07) is 3.39. The molecule has 0 unspecified atom stereocenters. The van der Waals surface area contributed by atoms with E-state index in [0.717, 1.165) is 4.88 Å². The summed E-state index contributed by atoms with van der Waals surface area (Å²) in [7, 11) is 0. The van der Waals surface area contributed by atoms with Crippen molar-refractivity contribution >= 4 is 23.0 Å². The molecular formula is C10H9N3O2S. The molecule has 82 valence electrons. The van der Waals surface area contributed by atoms with Crippen molar-refractivity contribution in [3.8, 4) is 0 Å². The lowest BCUT2D eigenvalue weighted by Crippen LogP contribution is -2.07. The van der Waals surface area contributed by atoms with Crippen LogP contribution in [-0.4, -0.2) is 21.0 Å². The fraction of sp³-hybridized carbons (Fsp3) is 0.100. The van der Waals surface area contributed by atoms with E-state index in [4.69, 9.17) is 5.11 Å². The largest absolute Gasteiger partial charge is 0.476 e. The number of aromatic nitrogens is 2. The standard InChI is InChI=1S/C10H9N3O2S/c14-10(15)9-8(2-1-3-12-9)13-5-7-4-11-6-16-7/h1-4,6,13H,5H2,(H,14,15). The number of carboxylic acid groups (broad SMARTS) is 1. The minimum absolute atomic E-state index is 0.0343. The van der Waals surface area contributed by atoms with Crippen molar-refractivity contribution in [2.45, 2.75) is 6.54 Å². The SMILES string of the molecule is O=C(O)c1ncccc1NCc1cncs1. The number of anilines is 1. The molecule has 0 atom stereocenters. The average molecular weight is 235 g/mol. The van der Waals surface area contributed by atoms with Gasteiger partial charge in [0.1, 0.15) is 0 Å². The van der Waals surface area contributed by atoms with E-state index in [0.29, 0.717) is 12.2 Å². The van der Waals surface area contributed by atoms with Gasteiger partial charge in [0, 0.05) is 17.3 Å². The summed E-state index contributed by atoms with van der Waals surface area (Å²) in [6.07, 6.45) is 3.20. The van der Waals surface area contributed by atoms with Crippen LogP contribution in [0.2, 0.25) is 0 Å². The molecule has 0 amide bonds. The molecule has 6 heteroatoms. The summed E-state index contributed by atoms with van der Waals surface area (Å²) >= 11 is 1.51. The Kier molecular flexibility index (Phi) is 3.11. The highest BCUT2D eigenvalue weighted by Crippen LogP contribution is 2.14. The molecule has 0 bridgehead atoms. The van der Waals surface area contributed by atoms with E-state index in [1.807, 2.05) is 0 Å². The summed E-state index contributed by atoms with van der Waals surface area (Å²) in [5.74, 6) is -1.03. The Morgan fingerprint density at radius 1 is 1.56 bits per heavy atom. The summed E-state index contributed by atoms with van der Waals surface area (Å²) in [4.78, 5) is 19.7. The lowest BCUT2D eigenvalue weighted by atomic mass is 10.3. The first-order chi connectivity index (χ1) is 7.77. The van der Waals surface area contributed by atoms with Gasteiger partial charge in [0.15, 0.2) is 5.69 Å². The number of nitrogens with one attached hydrogen (secondary N) is 1. The van der Waals surface area contributed by atoms with Crippen molar-refractivity contribution in [3.63, 3.8) is 0 Å². The lowest BCUT2D eigenvalue weighted by Gasteiger charge is -2.06. The third-order valence-electron chi connectivity index (χ3n) is 1.95. The molecule has 0 aliphatic carbocycles. The minimum atomic E-state index is -1.03. The van der Waals surface area contributed by atoms with Crippen molar-refractivity contribution in [2.24, 2.45) is 0 Å². The molecule has 0 aromatic carbocycles. The number of pyridine rings is 1. The van der Waals surface area contributed by atoms with Crippen LogP contribution < -0.4 is 5.32 Å². The van der Waals surface area contributed by atoms with Gasteiger partial charge in [0.2, 0.25) is 0 Å². The molecule has 16 heavy (non-hydrogen) atoms. The smallest absolute Gasteiger partial charge is 0.356 e. The third kappa shape index (κ3) is 2.34. The second-order valence-corrected chi connectivity index (χ2v) is 4.00. The zero-order valence-electron chi connectivity index (χ0n) is 8.25. The quantitative estimate of drug-likeness (QED) is 0.845. The topological polar surface area (TPSA) is 75.1 Å². The fourth-order valence-corrected chi connectivity index (χ4v) is 1.76. The Bertz CT molecular complexity index is 485. The summed E-state index contributed by atoms with van der Waals surface area (Å²) in [6.45, 7) is 0.552. The predicted molar refractivity (Wildman–Crippen MR) is 60.6 cm³/mol. The summed E-state index contributed by atoms with van der Waals surface area (Å²) < 4.78 is 0. The van der Waals surface area contributed by atoms with E-state index < -0.39 is 5.97 Å². The van der Waals surface area contributed by atoms with Gasteiger partial charge >= 0.3 is 5.97 Å². The van der Waals surface area contributed by atoms with E-state index in [1.54, 1.807) is 23.8 Å². The Labute approximate surface area is 95.8 Å². The maximum absolute atomic E-state index is 10.9. The molecule has 0 aliphatic rings. The average Bonchev–Trinajstić information content (AvgIpc) is 2.79. The zero-order valence-corrected chi connectivity index (χ0v) is 9.07. The van der Waals surface area contributed by atoms with Crippen LogP contribution in [0.3, 0.4) is 0 Å². The van der Waals surface area contributed by atoms with Gasteiger partial charge < -0.3 is 10.4 Å². The maximum Gasteiger partial charge on any atom is 0.356 e. The third-order valence-corrected chi connectivity index (χ3v) is 2.73. The number of carboxylic acids is 1. The van der Waals surface area contributed by atoms with Crippen LogP contribution in [0.5, 0.6) is 0 Å². The van der Waals surface area contributed by atoms with Gasteiger partial charge in [-0.25, -0.2) is 9.78 Å². The molecule has 2 aromatic rings. The molecule has 0 saturated heterocycles. The van der Waals surface area contributed by atoms with Crippen LogP contribution >= 0.6 is 11.3 Å². The van der Waals surface area contributed by atoms with E-state index >= 15 is 0 Å². The zero-order chi connectivity index (χ0) is 11.4.